The number of rotatable bonds is 8. The van der Waals surface area contributed by atoms with Crippen molar-refractivity contribution in [2.45, 2.75) is 132 Å². The highest BCUT2D eigenvalue weighted by Gasteiger charge is 2.40. The van der Waals surface area contributed by atoms with Crippen molar-refractivity contribution in [1.29, 1.82) is 0 Å². The molecule has 2 bridgehead atoms. The lowest BCUT2D eigenvalue weighted by Gasteiger charge is -2.38. The van der Waals surface area contributed by atoms with Crippen LogP contribution >= 0.6 is 0 Å². The zero-order valence-corrected chi connectivity index (χ0v) is 23.3. The molecule has 0 aromatic heterocycles. The molecule has 3 atom stereocenters. The van der Waals surface area contributed by atoms with Gasteiger partial charge in [-0.2, -0.15) is 0 Å². The van der Waals surface area contributed by atoms with Crippen molar-refractivity contribution in [3.05, 3.63) is 23.3 Å². The molecule has 3 heteroatoms. The number of ketones is 2. The van der Waals surface area contributed by atoms with Gasteiger partial charge in [-0.25, -0.2) is 0 Å². The van der Waals surface area contributed by atoms with Crippen molar-refractivity contribution in [3.63, 3.8) is 0 Å². The van der Waals surface area contributed by atoms with Crippen LogP contribution in [-0.2, 0) is 9.59 Å². The highest BCUT2D eigenvalue weighted by Crippen LogP contribution is 2.40. The van der Waals surface area contributed by atoms with Crippen LogP contribution in [0.4, 0.5) is 0 Å². The van der Waals surface area contributed by atoms with Crippen LogP contribution in [0, 0.1) is 17.3 Å². The van der Waals surface area contributed by atoms with Crippen LogP contribution in [0.1, 0.15) is 120 Å². The molecule has 0 spiro atoms. The van der Waals surface area contributed by atoms with Crippen molar-refractivity contribution < 1.29 is 9.59 Å². The van der Waals surface area contributed by atoms with Gasteiger partial charge in [0.1, 0.15) is 5.78 Å². The maximum atomic E-state index is 12.2. The van der Waals surface area contributed by atoms with Crippen LogP contribution in [0.15, 0.2) is 23.3 Å². The summed E-state index contributed by atoms with van der Waals surface area (Å²) in [5.41, 5.74) is 2.53. The third-order valence-electron chi connectivity index (χ3n) is 7.21. The Kier molecular flexibility index (Phi) is 12.9. The minimum absolute atomic E-state index is 0.205. The van der Waals surface area contributed by atoms with Gasteiger partial charge < -0.3 is 0 Å². The minimum Gasteiger partial charge on any atom is -0.298 e. The summed E-state index contributed by atoms with van der Waals surface area (Å²) in [5.74, 6) is 2.15. The van der Waals surface area contributed by atoms with Crippen molar-refractivity contribution in [1.82, 2.24) is 4.90 Å². The molecule has 3 rings (SSSR count). The fraction of sp³-hybridized carbons (Fsp3) is 0.800. The number of allylic oxidation sites excluding steroid dienone is 4. The fourth-order valence-electron chi connectivity index (χ4n) is 5.28. The molecule has 1 unspecified atom stereocenters. The van der Waals surface area contributed by atoms with Gasteiger partial charge in [0.25, 0.3) is 0 Å². The maximum absolute atomic E-state index is 12.2. The van der Waals surface area contributed by atoms with Gasteiger partial charge in [0.2, 0.25) is 0 Å². The summed E-state index contributed by atoms with van der Waals surface area (Å²) in [5, 5.41) is 0. The summed E-state index contributed by atoms with van der Waals surface area (Å²) in [7, 11) is 0. The number of fused-ring (bicyclic) bond motifs is 2. The van der Waals surface area contributed by atoms with Crippen molar-refractivity contribution >= 4 is 11.6 Å². The quantitative estimate of drug-likeness (QED) is 0.370. The maximum Gasteiger partial charge on any atom is 0.156 e. The summed E-state index contributed by atoms with van der Waals surface area (Å²) < 4.78 is 0. The molecule has 3 aliphatic rings. The standard InChI is InChI=1S/C18H33NO.C10H14O.C2H6/c1-5-6-14-11-15-7-8-16(12-14)19(15)13-17(20)9-10-18(2,3)4;1-7(2)9-4-5-10(6-9)8(3)11;1-2/h14-16H,5-13H2,1-4H3;4,6-7H,5H2,1-3H3;1-2H3/t14?,15-,16+;;. The first kappa shape index (κ1) is 29.8. The van der Waals surface area contributed by atoms with Gasteiger partial charge in [-0.1, -0.05) is 80.4 Å². The summed E-state index contributed by atoms with van der Waals surface area (Å²) in [6.07, 6.45) is 14.8. The van der Waals surface area contributed by atoms with E-state index in [0.29, 0.717) is 23.8 Å². The summed E-state index contributed by atoms with van der Waals surface area (Å²) >= 11 is 0. The van der Waals surface area contributed by atoms with Gasteiger partial charge in [0.05, 0.1) is 6.54 Å². The van der Waals surface area contributed by atoms with E-state index < -0.39 is 0 Å². The number of piperidine rings is 1. The largest absolute Gasteiger partial charge is 0.298 e. The predicted octanol–water partition coefficient (Wildman–Crippen LogP) is 7.94. The molecule has 2 saturated heterocycles. The van der Waals surface area contributed by atoms with E-state index in [1.807, 2.05) is 19.9 Å². The number of Topliss-reactive ketones (excluding diaryl/α,β-unsaturated/α-hetero) is 2. The average molecular weight is 460 g/mol. The normalized spacial score (nSPS) is 24.4. The number of carbonyl (C=O) groups is 2. The van der Waals surface area contributed by atoms with Gasteiger partial charge in [0, 0.05) is 18.5 Å². The molecule has 1 aliphatic carbocycles. The Bertz CT molecular complexity index is 666. The molecule has 0 amide bonds. The van der Waals surface area contributed by atoms with E-state index in [0.717, 1.165) is 37.3 Å². The van der Waals surface area contributed by atoms with Crippen molar-refractivity contribution in [2.75, 3.05) is 6.54 Å². The van der Waals surface area contributed by atoms with Gasteiger partial charge >= 0.3 is 0 Å². The summed E-state index contributed by atoms with van der Waals surface area (Å²) in [6.45, 7) is 19.6. The Morgan fingerprint density at radius 1 is 1.09 bits per heavy atom. The van der Waals surface area contributed by atoms with E-state index in [1.54, 1.807) is 6.92 Å². The Morgan fingerprint density at radius 3 is 2.06 bits per heavy atom. The van der Waals surface area contributed by atoms with E-state index in [-0.39, 0.29) is 11.2 Å². The third-order valence-corrected chi connectivity index (χ3v) is 7.21. The first-order valence-corrected chi connectivity index (χ1v) is 13.7. The van der Waals surface area contributed by atoms with Crippen molar-refractivity contribution in [3.8, 4) is 0 Å². The molecule has 0 saturated carbocycles. The molecule has 0 N–H and O–H groups in total. The zero-order chi connectivity index (χ0) is 25.2. The van der Waals surface area contributed by atoms with Crippen LogP contribution in [-0.4, -0.2) is 35.1 Å². The number of hydrogen-bond acceptors (Lipinski definition) is 3. The highest BCUT2D eigenvalue weighted by molar-refractivity contribution is 5.94. The molecule has 0 radical (unpaired) electrons. The van der Waals surface area contributed by atoms with Crippen LogP contribution in [0.2, 0.25) is 0 Å². The molecule has 33 heavy (non-hydrogen) atoms. The molecule has 0 aromatic rings. The predicted molar refractivity (Wildman–Crippen MR) is 142 cm³/mol. The topological polar surface area (TPSA) is 37.4 Å². The first-order chi connectivity index (χ1) is 15.5. The zero-order valence-electron chi connectivity index (χ0n) is 23.3. The lowest BCUT2D eigenvalue weighted by atomic mass is 9.86. The van der Waals surface area contributed by atoms with E-state index in [4.69, 9.17) is 0 Å². The van der Waals surface area contributed by atoms with Gasteiger partial charge in [-0.05, 0) is 73.8 Å². The van der Waals surface area contributed by atoms with Crippen LogP contribution in [0.3, 0.4) is 0 Å². The van der Waals surface area contributed by atoms with Crippen LogP contribution in [0.25, 0.3) is 0 Å². The second kappa shape index (κ2) is 14.2. The highest BCUT2D eigenvalue weighted by atomic mass is 16.1. The van der Waals surface area contributed by atoms with Gasteiger partial charge in [0.15, 0.2) is 5.78 Å². The van der Waals surface area contributed by atoms with Crippen molar-refractivity contribution in [2.24, 2.45) is 17.3 Å². The Labute approximate surface area is 205 Å². The monoisotopic (exact) mass is 459 g/mol. The molecule has 0 aromatic carbocycles. The molecule has 3 nitrogen and oxygen atoms in total. The molecule has 2 aliphatic heterocycles. The number of hydrogen-bond donors (Lipinski definition) is 0. The Morgan fingerprint density at radius 2 is 1.67 bits per heavy atom. The Hall–Kier alpha value is -1.22. The van der Waals surface area contributed by atoms with Crippen LogP contribution < -0.4 is 0 Å². The van der Waals surface area contributed by atoms with E-state index in [1.165, 1.54) is 44.1 Å². The smallest absolute Gasteiger partial charge is 0.156 e. The molecular weight excluding hydrogens is 406 g/mol. The Balaban J connectivity index is 0.000000354. The fourth-order valence-corrected chi connectivity index (χ4v) is 5.28. The molecule has 2 heterocycles. The molecule has 2 fully saturated rings. The average Bonchev–Trinajstić information content (AvgIpc) is 3.32. The first-order valence-electron chi connectivity index (χ1n) is 13.7. The lowest BCUT2D eigenvalue weighted by Crippen LogP contribution is -2.45. The van der Waals surface area contributed by atoms with Gasteiger partial charge in [-0.15, -0.1) is 0 Å². The number of carbonyl (C=O) groups excluding carboxylic acids is 2. The van der Waals surface area contributed by atoms with Gasteiger partial charge in [-0.3, -0.25) is 14.5 Å². The molecule has 190 valence electrons. The third kappa shape index (κ3) is 10.3. The SMILES string of the molecule is CC.CC(=O)C1=CC(C(C)C)=CC1.CCCC1C[C@H]2CC[C@@H](C1)N2CC(=O)CCC(C)(C)C. The second-order valence-electron chi connectivity index (χ2n) is 11.6. The van der Waals surface area contributed by atoms with Crippen LogP contribution in [0.5, 0.6) is 0 Å². The summed E-state index contributed by atoms with van der Waals surface area (Å²) in [6, 6.07) is 1.42. The van der Waals surface area contributed by atoms with E-state index >= 15 is 0 Å². The summed E-state index contributed by atoms with van der Waals surface area (Å²) in [4.78, 5) is 25.7. The van der Waals surface area contributed by atoms with E-state index in [9.17, 15) is 9.59 Å². The number of nitrogens with zero attached hydrogens (tertiary/aromatic N) is 1. The molecular formula is C30H53NO2. The lowest BCUT2D eigenvalue weighted by molar-refractivity contribution is -0.122. The van der Waals surface area contributed by atoms with E-state index in [2.05, 4.69) is 52.5 Å². The minimum atomic E-state index is 0.205. The second-order valence-corrected chi connectivity index (χ2v) is 11.6.